The number of aliphatic hydroxyl groups excluding tert-OH is 2. The number of aromatic nitrogens is 2. The van der Waals surface area contributed by atoms with Crippen LogP contribution in [-0.2, 0) is 9.47 Å². The first-order chi connectivity index (χ1) is 8.58. The van der Waals surface area contributed by atoms with E-state index in [-0.39, 0.29) is 12.2 Å². The topological polar surface area (TPSA) is 96.7 Å². The van der Waals surface area contributed by atoms with Gasteiger partial charge >= 0.3 is 110 Å². The van der Waals surface area contributed by atoms with Crippen LogP contribution in [0.4, 0.5) is 0 Å². The fourth-order valence-corrected chi connectivity index (χ4v) is 2.53. The summed E-state index contributed by atoms with van der Waals surface area (Å²) in [5.41, 5.74) is -0.244. The van der Waals surface area contributed by atoms with E-state index in [0.29, 0.717) is 4.32 Å². The Kier molecular flexibility index (Phi) is 4.16. The molecular weight excluding hydrogens is 307 g/mol. The second-order valence-corrected chi connectivity index (χ2v) is 4.77. The third-order valence-corrected chi connectivity index (χ3v) is 3.55. The van der Waals surface area contributed by atoms with E-state index in [2.05, 4.69) is 20.6 Å². The number of hydrogen-bond donors (Lipinski definition) is 3. The first kappa shape index (κ1) is 13.7. The van der Waals surface area contributed by atoms with E-state index < -0.39 is 24.5 Å². The number of nitrogens with one attached hydrogen (secondary N) is 1. The molecule has 1 fully saturated rings. The Bertz CT molecular complexity index is 527. The summed E-state index contributed by atoms with van der Waals surface area (Å²) >= 11 is 2.71. The van der Waals surface area contributed by atoms with E-state index in [0.717, 1.165) is 0 Å². The van der Waals surface area contributed by atoms with Gasteiger partial charge in [-0.3, -0.25) is 0 Å². The molecule has 0 aliphatic carbocycles. The number of H-pyrrole nitrogens is 1. The van der Waals surface area contributed by atoms with Gasteiger partial charge in [0.1, 0.15) is 0 Å². The predicted molar refractivity (Wildman–Crippen MR) is 61.8 cm³/mol. The van der Waals surface area contributed by atoms with Crippen LogP contribution in [0.15, 0.2) is 17.1 Å². The van der Waals surface area contributed by atoms with E-state index >= 15 is 0 Å². The van der Waals surface area contributed by atoms with Crippen LogP contribution >= 0.6 is 0 Å². The molecule has 1 aliphatic heterocycles. The summed E-state index contributed by atoms with van der Waals surface area (Å²) in [7, 11) is 1.45. The second kappa shape index (κ2) is 5.48. The van der Waals surface area contributed by atoms with Gasteiger partial charge in [0.2, 0.25) is 0 Å². The zero-order valence-corrected chi connectivity index (χ0v) is 11.4. The Balaban J connectivity index is 2.38. The second-order valence-electron chi connectivity index (χ2n) is 3.96. The molecule has 8 heteroatoms. The van der Waals surface area contributed by atoms with Crippen molar-refractivity contribution in [3.05, 3.63) is 26.9 Å². The van der Waals surface area contributed by atoms with Crippen molar-refractivity contribution in [3.63, 3.8) is 0 Å². The summed E-state index contributed by atoms with van der Waals surface area (Å²) < 4.78 is 12.8. The minimum atomic E-state index is -0.927. The van der Waals surface area contributed by atoms with Gasteiger partial charge in [-0.2, -0.15) is 0 Å². The molecule has 4 atom stereocenters. The van der Waals surface area contributed by atoms with Crippen molar-refractivity contribution in [2.45, 2.75) is 24.5 Å². The number of rotatable bonds is 3. The molecule has 7 nitrogen and oxygen atoms in total. The number of methoxy groups -OCH3 is 1. The summed E-state index contributed by atoms with van der Waals surface area (Å²) in [5.74, 6) is 0. The number of hydrogen-bond acceptors (Lipinski definition) is 5. The van der Waals surface area contributed by atoms with Gasteiger partial charge in [0.25, 0.3) is 0 Å². The molecule has 1 aromatic heterocycles. The summed E-state index contributed by atoms with van der Waals surface area (Å²) in [6.07, 6.45) is -1.34. The number of ether oxygens (including phenoxy) is 2. The molecule has 1 aromatic rings. The maximum atomic E-state index is 11.1. The molecule has 0 saturated carbocycles. The molecule has 0 radical (unpaired) electrons. The molecule has 2 rings (SSSR count). The molecule has 1 saturated heterocycles. The molecule has 0 bridgehead atoms. The number of nitrogens with zero attached hydrogens (tertiary/aromatic N) is 1. The number of aliphatic hydroxyl groups is 2. The van der Waals surface area contributed by atoms with E-state index in [1.807, 2.05) is 0 Å². The molecule has 100 valence electrons. The summed E-state index contributed by atoms with van der Waals surface area (Å²) in [5, 5.41) is 19.0. The maximum absolute atomic E-state index is 11.1. The zero-order valence-electron chi connectivity index (χ0n) is 9.65. The van der Waals surface area contributed by atoms with Gasteiger partial charge in [-0.25, -0.2) is 0 Å². The number of aromatic amines is 1. The van der Waals surface area contributed by atoms with Crippen molar-refractivity contribution in [3.8, 4) is 0 Å². The van der Waals surface area contributed by atoms with Gasteiger partial charge in [-0.05, 0) is 0 Å². The SMILES string of the molecule is COC1C(O)[C@H](CO)O[C@@H]1n1ccc(=O)[nH]c1=[Se]. The monoisotopic (exact) mass is 322 g/mol. The third kappa shape index (κ3) is 2.35. The van der Waals surface area contributed by atoms with Gasteiger partial charge in [-0.1, -0.05) is 0 Å². The fourth-order valence-electron chi connectivity index (χ4n) is 1.98. The van der Waals surface area contributed by atoms with Gasteiger partial charge < -0.3 is 0 Å². The van der Waals surface area contributed by atoms with Gasteiger partial charge in [-0.15, -0.1) is 0 Å². The van der Waals surface area contributed by atoms with Crippen molar-refractivity contribution >= 4 is 15.6 Å². The average molecular weight is 321 g/mol. The van der Waals surface area contributed by atoms with Crippen LogP contribution in [0.2, 0.25) is 0 Å². The summed E-state index contributed by atoms with van der Waals surface area (Å²) in [6.45, 7) is -0.301. The Hall–Kier alpha value is -0.761. The summed E-state index contributed by atoms with van der Waals surface area (Å²) in [6, 6.07) is 1.34. The zero-order chi connectivity index (χ0) is 13.3. The first-order valence-corrected chi connectivity index (χ1v) is 6.22. The summed E-state index contributed by atoms with van der Waals surface area (Å²) in [4.78, 5) is 13.7. The van der Waals surface area contributed by atoms with Gasteiger partial charge in [0.05, 0.1) is 0 Å². The molecular formula is C10H14N2O5Se. The Morgan fingerprint density at radius 3 is 2.94 bits per heavy atom. The normalized spacial score (nSPS) is 31.7. The minimum absolute atomic E-state index is 0.244. The Morgan fingerprint density at radius 2 is 2.39 bits per heavy atom. The molecule has 1 aliphatic rings. The van der Waals surface area contributed by atoms with E-state index in [1.54, 1.807) is 4.57 Å². The molecule has 18 heavy (non-hydrogen) atoms. The van der Waals surface area contributed by atoms with Crippen LogP contribution in [0.1, 0.15) is 6.23 Å². The predicted octanol–water partition coefficient (Wildman–Crippen LogP) is -1.86. The molecule has 2 heterocycles. The van der Waals surface area contributed by atoms with E-state index in [4.69, 9.17) is 14.6 Å². The average Bonchev–Trinajstić information content (AvgIpc) is 2.65. The van der Waals surface area contributed by atoms with E-state index in [9.17, 15) is 9.90 Å². The molecule has 0 aromatic carbocycles. The van der Waals surface area contributed by atoms with Crippen molar-refractivity contribution in [1.82, 2.24) is 9.55 Å². The standard InChI is InChI=1S/C10H14N2O5Se/c1-16-8-7(15)5(4-13)17-9(8)12-3-2-6(14)11-10(12)18/h2-3,5,7-9,13,15H,4H2,1H3,(H,11,14,18)/t5-,7?,8?,9-/m0/s1. The van der Waals surface area contributed by atoms with Crippen molar-refractivity contribution < 1.29 is 19.7 Å². The van der Waals surface area contributed by atoms with Crippen LogP contribution in [0.5, 0.6) is 0 Å². The van der Waals surface area contributed by atoms with Crippen molar-refractivity contribution in [1.29, 1.82) is 0 Å². The van der Waals surface area contributed by atoms with Crippen LogP contribution in [0, 0.1) is 4.32 Å². The van der Waals surface area contributed by atoms with Crippen LogP contribution in [-0.4, -0.2) is 67.4 Å². The van der Waals surface area contributed by atoms with Crippen molar-refractivity contribution in [2.24, 2.45) is 0 Å². The molecule has 3 N–H and O–H groups in total. The Labute approximate surface area is 110 Å². The third-order valence-electron chi connectivity index (χ3n) is 2.89. The van der Waals surface area contributed by atoms with Gasteiger partial charge in [0, 0.05) is 0 Å². The van der Waals surface area contributed by atoms with Crippen LogP contribution in [0.3, 0.4) is 0 Å². The van der Waals surface area contributed by atoms with E-state index in [1.165, 1.54) is 19.4 Å². The molecule has 2 unspecified atom stereocenters. The van der Waals surface area contributed by atoms with Crippen LogP contribution < -0.4 is 5.56 Å². The van der Waals surface area contributed by atoms with Crippen molar-refractivity contribution in [2.75, 3.05) is 13.7 Å². The van der Waals surface area contributed by atoms with Crippen LogP contribution in [0.25, 0.3) is 0 Å². The molecule has 0 spiro atoms. The van der Waals surface area contributed by atoms with Gasteiger partial charge in [0.15, 0.2) is 0 Å². The molecule has 0 amide bonds. The first-order valence-electron chi connectivity index (χ1n) is 5.37. The quantitative estimate of drug-likeness (QED) is 0.568. The fraction of sp³-hybridized carbons (Fsp3) is 0.600. The Morgan fingerprint density at radius 1 is 1.67 bits per heavy atom.